The van der Waals surface area contributed by atoms with Crippen LogP contribution in [-0.2, 0) is 9.59 Å². The Kier molecular flexibility index (Phi) is 6.63. The fourth-order valence-corrected chi connectivity index (χ4v) is 3.73. The Bertz CT molecular complexity index is 1130. The summed E-state index contributed by atoms with van der Waals surface area (Å²) in [6.45, 7) is 5.53. The van der Waals surface area contributed by atoms with Crippen molar-refractivity contribution >= 4 is 17.5 Å². The first-order valence-electron chi connectivity index (χ1n) is 11.2. The van der Waals surface area contributed by atoms with Crippen LogP contribution in [0.2, 0.25) is 0 Å². The Morgan fingerprint density at radius 1 is 1.03 bits per heavy atom. The van der Waals surface area contributed by atoms with Crippen LogP contribution >= 0.6 is 0 Å². The molecule has 2 amide bonds. The van der Waals surface area contributed by atoms with E-state index in [0.717, 1.165) is 16.7 Å². The second-order valence-electron chi connectivity index (χ2n) is 8.14. The van der Waals surface area contributed by atoms with Crippen LogP contribution in [0.25, 0.3) is 11.1 Å². The van der Waals surface area contributed by atoms with Crippen LogP contribution < -0.4 is 20.1 Å². The standard InChI is InChI=1S/C27H28N2O4/c1-4-24-27(31)29-23-15-12-21(16-25(23)33-24)17(2)28-26(30)18(3)32-22-13-10-20(11-14-22)19-8-6-5-7-9-19/h5-18,24H,4H2,1-3H3,(H,28,30)(H,29,31)/t17-,18+,24-/m0/s1. The average molecular weight is 445 g/mol. The van der Waals surface area contributed by atoms with Crippen molar-refractivity contribution in [3.63, 3.8) is 0 Å². The van der Waals surface area contributed by atoms with Gasteiger partial charge in [0.1, 0.15) is 11.5 Å². The molecule has 4 rings (SSSR count). The Morgan fingerprint density at radius 2 is 1.73 bits per heavy atom. The quantitative estimate of drug-likeness (QED) is 0.531. The van der Waals surface area contributed by atoms with Gasteiger partial charge >= 0.3 is 0 Å². The van der Waals surface area contributed by atoms with Gasteiger partial charge in [-0.25, -0.2) is 0 Å². The summed E-state index contributed by atoms with van der Waals surface area (Å²) >= 11 is 0. The SMILES string of the molecule is CC[C@@H]1Oc2cc([C@H](C)NC(=O)[C@@H](C)Oc3ccc(-c4ccccc4)cc3)ccc2NC1=O. The lowest BCUT2D eigenvalue weighted by Crippen LogP contribution is -2.38. The molecule has 0 aliphatic carbocycles. The van der Waals surface area contributed by atoms with Crippen molar-refractivity contribution < 1.29 is 19.1 Å². The van der Waals surface area contributed by atoms with Crippen molar-refractivity contribution in [1.29, 1.82) is 0 Å². The van der Waals surface area contributed by atoms with E-state index in [0.29, 0.717) is 23.6 Å². The average Bonchev–Trinajstić information content (AvgIpc) is 2.84. The molecule has 0 radical (unpaired) electrons. The molecule has 6 heteroatoms. The van der Waals surface area contributed by atoms with Gasteiger partial charge in [0.15, 0.2) is 12.2 Å². The van der Waals surface area contributed by atoms with Crippen molar-refractivity contribution in [2.24, 2.45) is 0 Å². The Labute approximate surface area is 193 Å². The van der Waals surface area contributed by atoms with Gasteiger partial charge < -0.3 is 20.1 Å². The highest BCUT2D eigenvalue weighted by Crippen LogP contribution is 2.33. The van der Waals surface area contributed by atoms with Gasteiger partial charge in [-0.3, -0.25) is 9.59 Å². The summed E-state index contributed by atoms with van der Waals surface area (Å²) in [6.07, 6.45) is -0.574. The molecule has 6 nitrogen and oxygen atoms in total. The van der Waals surface area contributed by atoms with Crippen LogP contribution in [0.15, 0.2) is 72.8 Å². The summed E-state index contributed by atoms with van der Waals surface area (Å²) in [5.74, 6) is 0.895. The highest BCUT2D eigenvalue weighted by molar-refractivity contribution is 5.97. The monoisotopic (exact) mass is 444 g/mol. The van der Waals surface area contributed by atoms with Gasteiger partial charge in [0.25, 0.3) is 11.8 Å². The summed E-state index contributed by atoms with van der Waals surface area (Å²) in [5, 5.41) is 5.84. The molecule has 33 heavy (non-hydrogen) atoms. The van der Waals surface area contributed by atoms with Crippen LogP contribution in [0.3, 0.4) is 0 Å². The van der Waals surface area contributed by atoms with Crippen LogP contribution in [-0.4, -0.2) is 24.0 Å². The van der Waals surface area contributed by atoms with Gasteiger partial charge in [-0.1, -0.05) is 55.5 Å². The first-order valence-corrected chi connectivity index (χ1v) is 11.2. The molecular weight excluding hydrogens is 416 g/mol. The Hall–Kier alpha value is -3.80. The zero-order valence-corrected chi connectivity index (χ0v) is 19.0. The lowest BCUT2D eigenvalue weighted by Gasteiger charge is -2.26. The summed E-state index contributed by atoms with van der Waals surface area (Å²) in [7, 11) is 0. The van der Waals surface area contributed by atoms with Crippen molar-refractivity contribution in [2.45, 2.75) is 45.4 Å². The van der Waals surface area contributed by atoms with Gasteiger partial charge in [0.2, 0.25) is 0 Å². The lowest BCUT2D eigenvalue weighted by molar-refractivity contribution is -0.128. The first-order chi connectivity index (χ1) is 15.9. The maximum absolute atomic E-state index is 12.7. The number of nitrogens with one attached hydrogen (secondary N) is 2. The van der Waals surface area contributed by atoms with E-state index >= 15 is 0 Å². The third kappa shape index (κ3) is 5.17. The molecular formula is C27H28N2O4. The zero-order chi connectivity index (χ0) is 23.4. The van der Waals surface area contributed by atoms with Crippen LogP contribution in [0.5, 0.6) is 11.5 Å². The number of benzene rings is 3. The molecule has 0 unspecified atom stereocenters. The van der Waals surface area contributed by atoms with E-state index in [4.69, 9.17) is 9.47 Å². The molecule has 170 valence electrons. The van der Waals surface area contributed by atoms with Gasteiger partial charge in [0, 0.05) is 0 Å². The molecule has 0 aromatic heterocycles. The predicted octanol–water partition coefficient (Wildman–Crippen LogP) is 5.11. The Balaban J connectivity index is 1.36. The normalized spacial score (nSPS) is 16.6. The summed E-state index contributed by atoms with van der Waals surface area (Å²) in [4.78, 5) is 24.7. The maximum atomic E-state index is 12.7. The van der Waals surface area contributed by atoms with Gasteiger partial charge in [-0.15, -0.1) is 0 Å². The second-order valence-corrected chi connectivity index (χ2v) is 8.14. The molecule has 3 aromatic rings. The van der Waals surface area contributed by atoms with E-state index in [1.165, 1.54) is 0 Å². The topological polar surface area (TPSA) is 76.7 Å². The molecule has 3 aromatic carbocycles. The maximum Gasteiger partial charge on any atom is 0.265 e. The summed E-state index contributed by atoms with van der Waals surface area (Å²) in [5.41, 5.74) is 3.74. The van der Waals surface area contributed by atoms with Gasteiger partial charge in [0.05, 0.1) is 11.7 Å². The van der Waals surface area contributed by atoms with Crippen LogP contribution in [0, 0.1) is 0 Å². The molecule has 1 aliphatic heterocycles. The molecule has 0 saturated heterocycles. The van der Waals surface area contributed by atoms with E-state index in [1.807, 2.05) is 68.4 Å². The van der Waals surface area contributed by atoms with E-state index in [9.17, 15) is 9.59 Å². The molecule has 0 fully saturated rings. The third-order valence-corrected chi connectivity index (χ3v) is 5.70. The highest BCUT2D eigenvalue weighted by Gasteiger charge is 2.27. The number of hydrogen-bond donors (Lipinski definition) is 2. The third-order valence-electron chi connectivity index (χ3n) is 5.70. The van der Waals surface area contributed by atoms with E-state index in [1.54, 1.807) is 13.0 Å². The number of fused-ring (bicyclic) bond motifs is 1. The molecule has 0 bridgehead atoms. The van der Waals surface area contributed by atoms with Crippen molar-refractivity contribution in [2.75, 3.05) is 5.32 Å². The van der Waals surface area contributed by atoms with E-state index in [2.05, 4.69) is 22.8 Å². The predicted molar refractivity (Wildman–Crippen MR) is 128 cm³/mol. The number of hydrogen-bond acceptors (Lipinski definition) is 4. The fraction of sp³-hybridized carbons (Fsp3) is 0.259. The van der Waals surface area contributed by atoms with Crippen molar-refractivity contribution in [1.82, 2.24) is 5.32 Å². The minimum Gasteiger partial charge on any atom is -0.481 e. The number of ether oxygens (including phenoxy) is 2. The molecule has 3 atom stereocenters. The second kappa shape index (κ2) is 9.77. The summed E-state index contributed by atoms with van der Waals surface area (Å²) in [6, 6.07) is 23.1. The van der Waals surface area contributed by atoms with Crippen LogP contribution in [0.4, 0.5) is 5.69 Å². The molecule has 2 N–H and O–H groups in total. The number of amides is 2. The Morgan fingerprint density at radius 3 is 2.42 bits per heavy atom. The number of carbonyl (C=O) groups is 2. The van der Waals surface area contributed by atoms with E-state index in [-0.39, 0.29) is 17.9 Å². The van der Waals surface area contributed by atoms with Gasteiger partial charge in [-0.05, 0) is 61.2 Å². The lowest BCUT2D eigenvalue weighted by atomic mass is 10.1. The number of anilines is 1. The first kappa shape index (κ1) is 22.4. The smallest absolute Gasteiger partial charge is 0.265 e. The number of carbonyl (C=O) groups excluding carboxylic acids is 2. The summed E-state index contributed by atoms with van der Waals surface area (Å²) < 4.78 is 11.7. The molecule has 0 spiro atoms. The minimum absolute atomic E-state index is 0.137. The minimum atomic E-state index is -0.660. The molecule has 1 heterocycles. The molecule has 0 saturated carbocycles. The largest absolute Gasteiger partial charge is 0.481 e. The highest BCUT2D eigenvalue weighted by atomic mass is 16.5. The van der Waals surface area contributed by atoms with Crippen molar-refractivity contribution in [3.05, 3.63) is 78.4 Å². The fourth-order valence-electron chi connectivity index (χ4n) is 3.73. The zero-order valence-electron chi connectivity index (χ0n) is 19.0. The van der Waals surface area contributed by atoms with Crippen molar-refractivity contribution in [3.8, 4) is 22.6 Å². The molecule has 1 aliphatic rings. The van der Waals surface area contributed by atoms with Crippen LogP contribution in [0.1, 0.15) is 38.8 Å². The number of rotatable bonds is 7. The van der Waals surface area contributed by atoms with E-state index < -0.39 is 12.2 Å². The van der Waals surface area contributed by atoms with Gasteiger partial charge in [-0.2, -0.15) is 0 Å².